The molecule has 0 bridgehead atoms. The Labute approximate surface area is 138 Å². The zero-order valence-electron chi connectivity index (χ0n) is 13.2. The second kappa shape index (κ2) is 5.72. The molecule has 0 saturated heterocycles. The number of hydrogen-bond donors (Lipinski definition) is 1. The van der Waals surface area contributed by atoms with Crippen LogP contribution in [0.5, 0.6) is 0 Å². The monoisotopic (exact) mass is 354 g/mol. The van der Waals surface area contributed by atoms with Gasteiger partial charge in [0.2, 0.25) is 5.91 Å². The van der Waals surface area contributed by atoms with Crippen LogP contribution in [0, 0.1) is 19.8 Å². The molecule has 0 fully saturated rings. The number of amides is 1. The van der Waals surface area contributed by atoms with Crippen molar-refractivity contribution in [3.8, 4) is 0 Å². The maximum Gasteiger partial charge on any atom is 0.273 e. The SMILES string of the molecule is Cc1cc(S(=O)(=O)NC(=O)C2CCc3nnn(C)c3C2)sc1C. The van der Waals surface area contributed by atoms with E-state index in [4.69, 9.17) is 0 Å². The Kier molecular flexibility index (Phi) is 4.01. The Balaban J connectivity index is 1.76. The van der Waals surface area contributed by atoms with Gasteiger partial charge in [0.15, 0.2) is 0 Å². The third kappa shape index (κ3) is 3.02. The molecule has 2 heterocycles. The van der Waals surface area contributed by atoms with Crippen LogP contribution in [-0.4, -0.2) is 29.3 Å². The van der Waals surface area contributed by atoms with E-state index in [1.165, 1.54) is 11.3 Å². The average Bonchev–Trinajstić information content (AvgIpc) is 3.03. The van der Waals surface area contributed by atoms with Crippen LogP contribution in [0.1, 0.15) is 28.2 Å². The van der Waals surface area contributed by atoms with Crippen molar-refractivity contribution in [3.63, 3.8) is 0 Å². The first-order valence-corrected chi connectivity index (χ1v) is 9.59. The number of hydrogen-bond acceptors (Lipinski definition) is 6. The highest BCUT2D eigenvalue weighted by Gasteiger charge is 2.31. The van der Waals surface area contributed by atoms with Crippen LogP contribution in [0.15, 0.2) is 10.3 Å². The molecule has 0 spiro atoms. The van der Waals surface area contributed by atoms with E-state index in [0.29, 0.717) is 19.3 Å². The van der Waals surface area contributed by atoms with Gasteiger partial charge in [0.05, 0.1) is 11.4 Å². The normalized spacial score (nSPS) is 17.8. The van der Waals surface area contributed by atoms with Gasteiger partial charge < -0.3 is 0 Å². The molecule has 1 amide bonds. The van der Waals surface area contributed by atoms with E-state index < -0.39 is 15.9 Å². The summed E-state index contributed by atoms with van der Waals surface area (Å²) in [6, 6.07) is 1.60. The minimum absolute atomic E-state index is 0.180. The second-order valence-corrected chi connectivity index (χ2v) is 8.99. The van der Waals surface area contributed by atoms with Gasteiger partial charge >= 0.3 is 0 Å². The molecule has 0 aromatic carbocycles. The zero-order chi connectivity index (χ0) is 16.8. The first-order valence-electron chi connectivity index (χ1n) is 7.29. The van der Waals surface area contributed by atoms with Crippen molar-refractivity contribution >= 4 is 27.3 Å². The van der Waals surface area contributed by atoms with E-state index in [2.05, 4.69) is 15.0 Å². The second-order valence-electron chi connectivity index (χ2n) is 5.82. The molecule has 0 saturated carbocycles. The topological polar surface area (TPSA) is 93.9 Å². The molecule has 2 aromatic heterocycles. The van der Waals surface area contributed by atoms with Crippen molar-refractivity contribution in [3.05, 3.63) is 27.9 Å². The van der Waals surface area contributed by atoms with Crippen LogP contribution in [0.3, 0.4) is 0 Å². The van der Waals surface area contributed by atoms with Crippen LogP contribution in [0.2, 0.25) is 0 Å². The van der Waals surface area contributed by atoms with Crippen molar-refractivity contribution in [1.29, 1.82) is 0 Å². The Morgan fingerprint density at radius 1 is 1.43 bits per heavy atom. The summed E-state index contributed by atoms with van der Waals surface area (Å²) in [7, 11) is -2.03. The minimum Gasteiger partial charge on any atom is -0.274 e. The van der Waals surface area contributed by atoms with Crippen molar-refractivity contribution in [2.24, 2.45) is 13.0 Å². The van der Waals surface area contributed by atoms with Crippen LogP contribution >= 0.6 is 11.3 Å². The third-order valence-electron chi connectivity index (χ3n) is 4.21. The average molecular weight is 354 g/mol. The molecule has 1 N–H and O–H groups in total. The number of carbonyl (C=O) groups is 1. The molecule has 9 heteroatoms. The Hall–Kier alpha value is -1.74. The summed E-state index contributed by atoms with van der Waals surface area (Å²) in [5, 5.41) is 7.99. The van der Waals surface area contributed by atoms with E-state index in [-0.39, 0.29) is 10.1 Å². The number of aromatic nitrogens is 3. The van der Waals surface area contributed by atoms with Crippen molar-refractivity contribution < 1.29 is 13.2 Å². The van der Waals surface area contributed by atoms with E-state index in [0.717, 1.165) is 21.8 Å². The predicted molar refractivity (Wildman–Crippen MR) is 85.6 cm³/mol. The minimum atomic E-state index is -3.80. The maximum absolute atomic E-state index is 12.4. The standard InChI is InChI=1S/C14H18N4O3S2/c1-8-6-13(22-9(8)2)23(20,21)16-14(19)10-4-5-11-12(7-10)18(3)17-15-11/h6,10H,4-5,7H2,1-3H3,(H,16,19). The van der Waals surface area contributed by atoms with E-state index >= 15 is 0 Å². The van der Waals surface area contributed by atoms with Crippen LogP contribution in [0.25, 0.3) is 0 Å². The van der Waals surface area contributed by atoms with Gasteiger partial charge in [-0.3, -0.25) is 9.48 Å². The Bertz CT molecular complexity index is 847. The summed E-state index contributed by atoms with van der Waals surface area (Å²) >= 11 is 1.18. The number of fused-ring (bicyclic) bond motifs is 1. The smallest absolute Gasteiger partial charge is 0.273 e. The maximum atomic E-state index is 12.4. The molecule has 1 aliphatic carbocycles. The highest BCUT2D eigenvalue weighted by Crippen LogP contribution is 2.27. The summed E-state index contributed by atoms with van der Waals surface area (Å²) in [5.41, 5.74) is 2.70. The predicted octanol–water partition coefficient (Wildman–Crippen LogP) is 1.10. The molecule has 7 nitrogen and oxygen atoms in total. The molecule has 1 aliphatic rings. The van der Waals surface area contributed by atoms with Gasteiger partial charge in [-0.15, -0.1) is 16.4 Å². The molecule has 0 radical (unpaired) electrons. The van der Waals surface area contributed by atoms with Crippen molar-refractivity contribution in [1.82, 2.24) is 19.7 Å². The number of nitrogens with one attached hydrogen (secondary N) is 1. The molecule has 3 rings (SSSR count). The largest absolute Gasteiger partial charge is 0.274 e. The summed E-state index contributed by atoms with van der Waals surface area (Å²) in [6.45, 7) is 3.71. The lowest BCUT2D eigenvalue weighted by Crippen LogP contribution is -2.38. The lowest BCUT2D eigenvalue weighted by molar-refractivity contribution is -0.123. The molecule has 23 heavy (non-hydrogen) atoms. The highest BCUT2D eigenvalue weighted by atomic mass is 32.2. The number of nitrogens with zero attached hydrogens (tertiary/aromatic N) is 3. The van der Waals surface area contributed by atoms with Crippen LogP contribution in [0.4, 0.5) is 0 Å². The summed E-state index contributed by atoms with van der Waals surface area (Å²) in [5.74, 6) is -0.836. The molecule has 0 aliphatic heterocycles. The quantitative estimate of drug-likeness (QED) is 0.891. The number of aryl methyl sites for hydroxylation is 4. The van der Waals surface area contributed by atoms with Gasteiger partial charge in [0.25, 0.3) is 10.0 Å². The lowest BCUT2D eigenvalue weighted by Gasteiger charge is -2.20. The number of thiophene rings is 1. The molecular weight excluding hydrogens is 336 g/mol. The lowest BCUT2D eigenvalue weighted by atomic mass is 9.89. The summed E-state index contributed by atoms with van der Waals surface area (Å²) in [4.78, 5) is 13.3. The Morgan fingerprint density at radius 2 is 2.17 bits per heavy atom. The molecule has 124 valence electrons. The number of carbonyl (C=O) groups excluding carboxylic acids is 1. The first kappa shape index (κ1) is 16.1. The van der Waals surface area contributed by atoms with Gasteiger partial charge in [-0.1, -0.05) is 5.21 Å². The molecular formula is C14H18N4O3S2. The van der Waals surface area contributed by atoms with Gasteiger partial charge in [-0.05, 0) is 38.3 Å². The van der Waals surface area contributed by atoms with E-state index in [1.54, 1.807) is 17.8 Å². The van der Waals surface area contributed by atoms with E-state index in [1.807, 2.05) is 13.8 Å². The van der Waals surface area contributed by atoms with Gasteiger partial charge in [-0.2, -0.15) is 0 Å². The van der Waals surface area contributed by atoms with Gasteiger partial charge in [0.1, 0.15) is 4.21 Å². The molecule has 1 unspecified atom stereocenters. The third-order valence-corrected chi connectivity index (χ3v) is 7.18. The summed E-state index contributed by atoms with van der Waals surface area (Å²) in [6.07, 6.45) is 1.68. The fraction of sp³-hybridized carbons (Fsp3) is 0.500. The van der Waals surface area contributed by atoms with Crippen molar-refractivity contribution in [2.45, 2.75) is 37.3 Å². The van der Waals surface area contributed by atoms with Crippen LogP contribution < -0.4 is 4.72 Å². The molecule has 2 aromatic rings. The fourth-order valence-electron chi connectivity index (χ4n) is 2.67. The number of rotatable bonds is 3. The Morgan fingerprint density at radius 3 is 2.83 bits per heavy atom. The zero-order valence-corrected chi connectivity index (χ0v) is 14.8. The summed E-state index contributed by atoms with van der Waals surface area (Å²) < 4.78 is 28.8. The van der Waals surface area contributed by atoms with E-state index in [9.17, 15) is 13.2 Å². The van der Waals surface area contributed by atoms with Gasteiger partial charge in [0, 0.05) is 24.3 Å². The van der Waals surface area contributed by atoms with Gasteiger partial charge in [-0.25, -0.2) is 13.1 Å². The van der Waals surface area contributed by atoms with Crippen LogP contribution in [-0.2, 0) is 34.7 Å². The highest BCUT2D eigenvalue weighted by molar-refractivity contribution is 7.92. The number of sulfonamides is 1. The fourth-order valence-corrected chi connectivity index (χ4v) is 5.23. The first-order chi connectivity index (χ1) is 10.8. The van der Waals surface area contributed by atoms with Crippen molar-refractivity contribution in [2.75, 3.05) is 0 Å². The molecule has 1 atom stereocenters.